The van der Waals surface area contributed by atoms with Crippen LogP contribution in [0.3, 0.4) is 0 Å². The molecule has 14 heteroatoms. The molecule has 6 rings (SSSR count). The number of H-pyrrole nitrogens is 2. The summed E-state index contributed by atoms with van der Waals surface area (Å²) < 4.78 is 9.54. The van der Waals surface area contributed by atoms with E-state index in [9.17, 15) is 19.2 Å². The Morgan fingerprint density at radius 1 is 0.759 bits per heavy atom. The Morgan fingerprint density at radius 3 is 1.81 bits per heavy atom. The lowest BCUT2D eigenvalue weighted by molar-refractivity contribution is -0.136. The fourth-order valence-corrected chi connectivity index (χ4v) is 7.96. The SMILES string of the molecule is COC(=O)N[C@H](C(=O)N1CCC[C@H]1c1ncc(-c2cc(C)c(-c3ccc4nc([C@@H]5CCCN5C(=O)[C@@H](NC(=O)OC)C(C)C)[nH]c4c3)c(C)c2)[nH]1)C(C)C. The average Bonchev–Trinajstić information content (AvgIpc) is 3.97. The Hall–Kier alpha value is -5.40. The minimum Gasteiger partial charge on any atom is -0.453 e. The molecule has 0 spiro atoms. The third-order valence-electron chi connectivity index (χ3n) is 10.7. The molecule has 4 heterocycles. The standard InChI is InChI=1S/C40H52N8O6/c1-21(2)33(45-39(51)53-7)37(49)47-15-9-11-30(47)35-41-20-29(44-35)26-17-23(5)32(24(6)18-26)25-13-14-27-28(19-25)43-36(42-27)31-12-10-16-48(31)38(50)34(22(3)4)46-40(52)54-8/h13-14,17-22,30-31,33-34H,9-12,15-16H2,1-8H3,(H,41,44)(H,42,43)(H,45,51)(H,46,52)/t30-,31-,33-,34-/m0/s1. The lowest BCUT2D eigenvalue weighted by Crippen LogP contribution is -2.51. The van der Waals surface area contributed by atoms with E-state index in [2.05, 4.69) is 58.7 Å². The number of aryl methyl sites for hydroxylation is 2. The normalized spacial score (nSPS) is 18.3. The van der Waals surface area contributed by atoms with Crippen molar-refractivity contribution < 1.29 is 28.7 Å². The molecule has 0 radical (unpaired) electrons. The fraction of sp³-hybridized carbons (Fsp3) is 0.500. The molecule has 2 aliphatic heterocycles. The first-order chi connectivity index (χ1) is 25.8. The number of imidazole rings is 2. The van der Waals surface area contributed by atoms with Crippen LogP contribution in [0.25, 0.3) is 33.4 Å². The highest BCUT2D eigenvalue weighted by Crippen LogP contribution is 2.37. The number of aromatic nitrogens is 4. The topological polar surface area (TPSA) is 175 Å². The molecule has 4 atom stereocenters. The van der Waals surface area contributed by atoms with Crippen molar-refractivity contribution in [1.82, 2.24) is 40.4 Å². The molecular formula is C40H52N8O6. The van der Waals surface area contributed by atoms with Crippen LogP contribution < -0.4 is 10.6 Å². The van der Waals surface area contributed by atoms with E-state index in [0.717, 1.165) is 81.9 Å². The molecule has 2 aromatic heterocycles. The van der Waals surface area contributed by atoms with E-state index in [1.807, 2.05) is 49.8 Å². The van der Waals surface area contributed by atoms with E-state index < -0.39 is 24.3 Å². The predicted octanol–water partition coefficient (Wildman–Crippen LogP) is 6.33. The van der Waals surface area contributed by atoms with Gasteiger partial charge in [0.25, 0.3) is 0 Å². The van der Waals surface area contributed by atoms with Crippen LogP contribution in [-0.2, 0) is 19.1 Å². The summed E-state index contributed by atoms with van der Waals surface area (Å²) >= 11 is 0. The number of alkyl carbamates (subject to hydrolysis) is 2. The average molecular weight is 741 g/mol. The number of benzene rings is 2. The monoisotopic (exact) mass is 740 g/mol. The van der Waals surface area contributed by atoms with Gasteiger partial charge < -0.3 is 39.9 Å². The summed E-state index contributed by atoms with van der Waals surface area (Å²) in [4.78, 5) is 71.5. The number of hydrogen-bond acceptors (Lipinski definition) is 8. The molecule has 14 nitrogen and oxygen atoms in total. The van der Waals surface area contributed by atoms with Gasteiger partial charge in [-0.05, 0) is 97.9 Å². The maximum Gasteiger partial charge on any atom is 0.407 e. The Morgan fingerprint density at radius 2 is 1.30 bits per heavy atom. The third kappa shape index (κ3) is 7.64. The van der Waals surface area contributed by atoms with Gasteiger partial charge in [-0.1, -0.05) is 33.8 Å². The summed E-state index contributed by atoms with van der Waals surface area (Å²) in [7, 11) is 2.58. The highest BCUT2D eigenvalue weighted by atomic mass is 16.5. The Kier molecular flexibility index (Phi) is 11.3. The van der Waals surface area contributed by atoms with Crippen molar-refractivity contribution in [3.63, 3.8) is 0 Å². The molecule has 0 saturated carbocycles. The van der Waals surface area contributed by atoms with E-state index >= 15 is 0 Å². The minimum atomic E-state index is -0.697. The number of likely N-dealkylation sites (tertiary alicyclic amines) is 2. The zero-order valence-corrected chi connectivity index (χ0v) is 32.4. The fourth-order valence-electron chi connectivity index (χ4n) is 7.96. The summed E-state index contributed by atoms with van der Waals surface area (Å²) in [6.45, 7) is 13.0. The summed E-state index contributed by atoms with van der Waals surface area (Å²) in [6, 6.07) is 8.64. The zero-order valence-electron chi connectivity index (χ0n) is 32.4. The number of carbonyl (C=O) groups excluding carboxylic acids is 4. The van der Waals surface area contributed by atoms with Gasteiger partial charge in [0.1, 0.15) is 23.7 Å². The summed E-state index contributed by atoms with van der Waals surface area (Å²) in [6.07, 6.45) is 3.80. The second-order valence-electron chi connectivity index (χ2n) is 15.1. The molecule has 288 valence electrons. The molecule has 54 heavy (non-hydrogen) atoms. The molecule has 2 aliphatic rings. The molecule has 2 saturated heterocycles. The number of nitrogens with one attached hydrogen (secondary N) is 4. The van der Waals surface area contributed by atoms with Gasteiger partial charge in [0, 0.05) is 18.7 Å². The van der Waals surface area contributed by atoms with Gasteiger partial charge >= 0.3 is 12.2 Å². The second kappa shape index (κ2) is 15.9. The summed E-state index contributed by atoms with van der Waals surface area (Å²) in [5.74, 6) is 0.942. The molecule has 4 aromatic rings. The van der Waals surface area contributed by atoms with Crippen molar-refractivity contribution >= 4 is 35.0 Å². The van der Waals surface area contributed by atoms with Crippen LogP contribution in [0, 0.1) is 25.7 Å². The van der Waals surface area contributed by atoms with Crippen molar-refractivity contribution in [3.8, 4) is 22.4 Å². The Bertz CT molecular complexity index is 2010. The number of rotatable bonds is 10. The quantitative estimate of drug-likeness (QED) is 0.146. The molecule has 2 aromatic carbocycles. The van der Waals surface area contributed by atoms with Gasteiger partial charge in [-0.3, -0.25) is 9.59 Å². The molecule has 4 amide bonds. The second-order valence-corrected chi connectivity index (χ2v) is 15.1. The van der Waals surface area contributed by atoms with Crippen LogP contribution in [0.4, 0.5) is 9.59 Å². The van der Waals surface area contributed by atoms with Crippen LogP contribution in [0.2, 0.25) is 0 Å². The summed E-state index contributed by atoms with van der Waals surface area (Å²) in [5, 5.41) is 5.41. The van der Waals surface area contributed by atoms with Gasteiger partial charge in [0.2, 0.25) is 11.8 Å². The first kappa shape index (κ1) is 38.3. The van der Waals surface area contributed by atoms with Crippen molar-refractivity contribution in [2.75, 3.05) is 27.3 Å². The van der Waals surface area contributed by atoms with E-state index in [4.69, 9.17) is 19.4 Å². The van der Waals surface area contributed by atoms with E-state index in [1.54, 1.807) is 0 Å². The first-order valence-corrected chi connectivity index (χ1v) is 18.8. The number of nitrogens with zero attached hydrogens (tertiary/aromatic N) is 4. The van der Waals surface area contributed by atoms with Crippen LogP contribution >= 0.6 is 0 Å². The van der Waals surface area contributed by atoms with Gasteiger partial charge in [0.05, 0.1) is 49.2 Å². The zero-order chi connectivity index (χ0) is 38.8. The molecule has 0 bridgehead atoms. The van der Waals surface area contributed by atoms with E-state index in [0.29, 0.717) is 13.1 Å². The molecular weight excluding hydrogens is 688 g/mol. The van der Waals surface area contributed by atoms with Crippen LogP contribution in [0.15, 0.2) is 36.5 Å². The molecule has 0 unspecified atom stereocenters. The highest BCUT2D eigenvalue weighted by molar-refractivity contribution is 5.88. The molecule has 4 N–H and O–H groups in total. The predicted molar refractivity (Wildman–Crippen MR) is 204 cm³/mol. The lowest BCUT2D eigenvalue weighted by atomic mass is 9.92. The van der Waals surface area contributed by atoms with E-state index in [-0.39, 0.29) is 35.7 Å². The first-order valence-electron chi connectivity index (χ1n) is 18.8. The van der Waals surface area contributed by atoms with Gasteiger partial charge in [-0.15, -0.1) is 0 Å². The number of carbonyl (C=O) groups is 4. The number of ether oxygens (including phenoxy) is 2. The van der Waals surface area contributed by atoms with Gasteiger partial charge in [0.15, 0.2) is 0 Å². The Balaban J connectivity index is 1.21. The van der Waals surface area contributed by atoms with E-state index in [1.165, 1.54) is 14.2 Å². The number of fused-ring (bicyclic) bond motifs is 1. The van der Waals surface area contributed by atoms with Crippen LogP contribution in [0.1, 0.15) is 88.2 Å². The largest absolute Gasteiger partial charge is 0.453 e. The molecule has 2 fully saturated rings. The van der Waals surface area contributed by atoms with Crippen molar-refractivity contribution in [1.29, 1.82) is 0 Å². The molecule has 0 aliphatic carbocycles. The summed E-state index contributed by atoms with van der Waals surface area (Å²) in [5.41, 5.74) is 7.91. The number of aromatic amines is 2. The lowest BCUT2D eigenvalue weighted by Gasteiger charge is -2.30. The highest BCUT2D eigenvalue weighted by Gasteiger charge is 2.39. The minimum absolute atomic E-state index is 0.111. The van der Waals surface area contributed by atoms with Crippen LogP contribution in [-0.4, -0.2) is 93.1 Å². The third-order valence-corrected chi connectivity index (χ3v) is 10.7. The van der Waals surface area contributed by atoms with Gasteiger partial charge in [-0.25, -0.2) is 19.6 Å². The number of amides is 4. The Labute approximate surface area is 315 Å². The van der Waals surface area contributed by atoms with Crippen molar-refractivity contribution in [2.45, 2.75) is 91.4 Å². The van der Waals surface area contributed by atoms with Crippen molar-refractivity contribution in [2.24, 2.45) is 11.8 Å². The number of methoxy groups -OCH3 is 2. The van der Waals surface area contributed by atoms with Crippen molar-refractivity contribution in [3.05, 3.63) is 59.3 Å². The van der Waals surface area contributed by atoms with Gasteiger partial charge in [-0.2, -0.15) is 0 Å². The maximum atomic E-state index is 13.7. The smallest absolute Gasteiger partial charge is 0.407 e. The number of hydrogen-bond donors (Lipinski definition) is 4. The maximum absolute atomic E-state index is 13.7. The van der Waals surface area contributed by atoms with Crippen LogP contribution in [0.5, 0.6) is 0 Å².